The number of primary amides is 1. The number of carbonyl (C=O) groups is 6. The van der Waals surface area contributed by atoms with E-state index in [1.54, 1.807) is 12.1 Å². The third kappa shape index (κ3) is 8.10. The standard InChI is InChI=1S/C45H54N12O7/c46-39(59)38-40(49-44(51-50-38)54-15-1-2-32(24-54)55-20-21-56(45(55)63)33-25-64-26-33)47-30-5-3-28(4-6-30)29-13-16-52(17-14-29)23-27-11-18-53(19-12-27)31-7-8-34-35(22-31)43(62)57(42(34)61)36-9-10-37(58)48-41(36)60/h3-8,22,27,29,32-33,36H,1-2,9-21,23-26H2,(H2,46,59)(H,47,49,51)(H,48,58,60). The Labute approximate surface area is 370 Å². The summed E-state index contributed by atoms with van der Waals surface area (Å²) in [4.78, 5) is 92.8. The van der Waals surface area contributed by atoms with Crippen LogP contribution in [0.15, 0.2) is 42.5 Å². The number of carbonyl (C=O) groups excluding carboxylic acids is 6. The molecule has 1 aromatic heterocycles. The van der Waals surface area contributed by atoms with Crippen LogP contribution in [0, 0.1) is 5.92 Å². The predicted octanol–water partition coefficient (Wildman–Crippen LogP) is 2.32. The molecule has 0 radical (unpaired) electrons. The first-order valence-corrected chi connectivity index (χ1v) is 22.7. The highest BCUT2D eigenvalue weighted by atomic mass is 16.5. The Morgan fingerprint density at radius 2 is 1.52 bits per heavy atom. The number of rotatable bonds is 11. The van der Waals surface area contributed by atoms with Crippen molar-refractivity contribution in [3.05, 3.63) is 64.8 Å². The molecule has 19 heteroatoms. The molecule has 19 nitrogen and oxygen atoms in total. The van der Waals surface area contributed by atoms with Crippen LogP contribution in [0.1, 0.15) is 94.1 Å². The zero-order valence-electron chi connectivity index (χ0n) is 35.8. The van der Waals surface area contributed by atoms with Gasteiger partial charge in [-0.1, -0.05) is 12.1 Å². The molecule has 0 spiro atoms. The number of nitrogens with two attached hydrogens (primary N) is 1. The molecule has 2 unspecified atom stereocenters. The van der Waals surface area contributed by atoms with Gasteiger partial charge in [-0.25, -0.2) is 4.79 Å². The number of anilines is 4. The molecule has 0 saturated carbocycles. The number of benzene rings is 2. The Kier molecular flexibility index (Phi) is 11.4. The smallest absolute Gasteiger partial charge is 0.320 e. The van der Waals surface area contributed by atoms with E-state index in [0.717, 1.165) is 87.5 Å². The van der Waals surface area contributed by atoms with Gasteiger partial charge in [0.15, 0.2) is 11.5 Å². The second-order valence-corrected chi connectivity index (χ2v) is 18.2. The number of urea groups is 1. The van der Waals surface area contributed by atoms with Gasteiger partial charge in [0.05, 0.1) is 36.4 Å². The molecule has 6 fully saturated rings. The van der Waals surface area contributed by atoms with E-state index in [1.807, 2.05) is 32.9 Å². The minimum absolute atomic E-state index is 0.0260. The zero-order valence-corrected chi connectivity index (χ0v) is 35.8. The predicted molar refractivity (Wildman–Crippen MR) is 233 cm³/mol. The van der Waals surface area contributed by atoms with Crippen LogP contribution in [-0.4, -0.2) is 161 Å². The molecule has 4 N–H and O–H groups in total. The van der Waals surface area contributed by atoms with Crippen LogP contribution in [0.25, 0.3) is 0 Å². The molecule has 3 aromatic rings. The lowest BCUT2D eigenvalue weighted by atomic mass is 9.88. The zero-order chi connectivity index (χ0) is 44.1. The molecular formula is C45H54N12O7. The Morgan fingerprint density at radius 1 is 0.781 bits per heavy atom. The molecule has 7 aliphatic heterocycles. The average molecular weight is 875 g/mol. The van der Waals surface area contributed by atoms with Crippen molar-refractivity contribution in [3.8, 4) is 0 Å². The summed E-state index contributed by atoms with van der Waals surface area (Å²) in [5, 5.41) is 14.0. The van der Waals surface area contributed by atoms with Gasteiger partial charge in [-0.2, -0.15) is 4.98 Å². The lowest BCUT2D eigenvalue weighted by molar-refractivity contribution is -0.136. The van der Waals surface area contributed by atoms with Crippen LogP contribution in [0.4, 0.5) is 27.9 Å². The number of ether oxygens (including phenoxy) is 1. The van der Waals surface area contributed by atoms with E-state index in [-0.39, 0.29) is 42.5 Å². The van der Waals surface area contributed by atoms with Gasteiger partial charge in [0.25, 0.3) is 17.7 Å². The molecule has 0 aliphatic carbocycles. The number of piperidine rings is 4. The molecular weight excluding hydrogens is 821 g/mol. The Hall–Kier alpha value is -6.21. The minimum atomic E-state index is -0.976. The summed E-state index contributed by atoms with van der Waals surface area (Å²) in [7, 11) is 0. The first-order chi connectivity index (χ1) is 31.1. The van der Waals surface area contributed by atoms with Crippen molar-refractivity contribution < 1.29 is 33.5 Å². The maximum absolute atomic E-state index is 13.4. The summed E-state index contributed by atoms with van der Waals surface area (Å²) >= 11 is 0. The fourth-order valence-electron chi connectivity index (χ4n) is 10.6. The Balaban J connectivity index is 0.699. The second kappa shape index (κ2) is 17.4. The van der Waals surface area contributed by atoms with Crippen molar-refractivity contribution >= 4 is 58.7 Å². The first-order valence-electron chi connectivity index (χ1n) is 22.7. The monoisotopic (exact) mass is 874 g/mol. The third-order valence-electron chi connectivity index (χ3n) is 14.3. The summed E-state index contributed by atoms with van der Waals surface area (Å²) in [5.74, 6) is -1.07. The maximum Gasteiger partial charge on any atom is 0.320 e. The van der Waals surface area contributed by atoms with Crippen LogP contribution in [0.2, 0.25) is 0 Å². The third-order valence-corrected chi connectivity index (χ3v) is 14.3. The van der Waals surface area contributed by atoms with Crippen molar-refractivity contribution in [2.75, 3.05) is 87.2 Å². The SMILES string of the molecule is NC(=O)c1nnc(N2CCCC(N3CCN(C4COC4)C3=O)C2)nc1Nc1ccc(C2CCN(CC3CCN(c4ccc5c(c4)C(=O)N(C4CCC(=O)NC4=O)C5=O)CC3)CC2)cc1. The number of hydrogen-bond donors (Lipinski definition) is 3. The molecule has 64 heavy (non-hydrogen) atoms. The van der Waals surface area contributed by atoms with E-state index < -0.39 is 35.6 Å². The maximum atomic E-state index is 13.4. The summed E-state index contributed by atoms with van der Waals surface area (Å²) < 4.78 is 5.32. The topological polar surface area (TPSA) is 220 Å². The number of amides is 7. The highest BCUT2D eigenvalue weighted by Gasteiger charge is 2.45. The van der Waals surface area contributed by atoms with Gasteiger partial charge in [0.1, 0.15) is 6.04 Å². The second-order valence-electron chi connectivity index (χ2n) is 18.2. The van der Waals surface area contributed by atoms with Crippen LogP contribution in [0.3, 0.4) is 0 Å². The van der Waals surface area contributed by atoms with Gasteiger partial charge < -0.3 is 40.3 Å². The molecule has 2 atom stereocenters. The summed E-state index contributed by atoms with van der Waals surface area (Å²) in [5.41, 5.74) is 9.20. The molecule has 6 saturated heterocycles. The number of fused-ring (bicyclic) bond motifs is 1. The fourth-order valence-corrected chi connectivity index (χ4v) is 10.6. The van der Waals surface area contributed by atoms with Crippen LogP contribution in [0.5, 0.6) is 0 Å². The molecule has 10 rings (SSSR count). The number of nitrogens with one attached hydrogen (secondary N) is 2. The molecule has 336 valence electrons. The normalized spacial score (nSPS) is 24.1. The lowest BCUT2D eigenvalue weighted by Gasteiger charge is -2.38. The van der Waals surface area contributed by atoms with Gasteiger partial charge in [0, 0.05) is 63.6 Å². The summed E-state index contributed by atoms with van der Waals surface area (Å²) in [6, 6.07) is 12.9. The van der Waals surface area contributed by atoms with Crippen molar-refractivity contribution in [2.24, 2.45) is 11.7 Å². The van der Waals surface area contributed by atoms with E-state index in [0.29, 0.717) is 68.3 Å². The molecule has 0 bridgehead atoms. The Morgan fingerprint density at radius 3 is 2.22 bits per heavy atom. The molecule has 2 aromatic carbocycles. The fraction of sp³-hybridized carbons (Fsp3) is 0.533. The molecule has 8 heterocycles. The van der Waals surface area contributed by atoms with Gasteiger partial charge >= 0.3 is 6.03 Å². The van der Waals surface area contributed by atoms with Crippen molar-refractivity contribution in [1.29, 1.82) is 0 Å². The van der Waals surface area contributed by atoms with Crippen molar-refractivity contribution in [2.45, 2.75) is 75.4 Å². The van der Waals surface area contributed by atoms with Crippen LogP contribution >= 0.6 is 0 Å². The van der Waals surface area contributed by atoms with E-state index in [1.165, 1.54) is 5.56 Å². The quantitative estimate of drug-likeness (QED) is 0.236. The summed E-state index contributed by atoms with van der Waals surface area (Å²) in [6.07, 6.45) is 6.15. The highest BCUT2D eigenvalue weighted by Crippen LogP contribution is 2.35. The van der Waals surface area contributed by atoms with E-state index in [2.05, 4.69) is 42.8 Å². The Bertz CT molecular complexity index is 2340. The van der Waals surface area contributed by atoms with Crippen LogP contribution < -0.4 is 26.2 Å². The first kappa shape index (κ1) is 41.8. The van der Waals surface area contributed by atoms with Gasteiger partial charge in [-0.3, -0.25) is 34.2 Å². The molecule has 7 amide bonds. The largest absolute Gasteiger partial charge is 0.377 e. The van der Waals surface area contributed by atoms with Crippen molar-refractivity contribution in [1.82, 2.24) is 40.1 Å². The van der Waals surface area contributed by atoms with Gasteiger partial charge in [0.2, 0.25) is 17.8 Å². The number of imide groups is 2. The average Bonchev–Trinajstić information content (AvgIpc) is 3.78. The number of nitrogens with zero attached hydrogens (tertiary/aromatic N) is 9. The number of likely N-dealkylation sites (tertiary alicyclic amines) is 1. The number of aromatic nitrogens is 3. The van der Waals surface area contributed by atoms with Gasteiger partial charge in [-0.05, 0) is 106 Å². The highest BCUT2D eigenvalue weighted by molar-refractivity contribution is 6.23. The minimum Gasteiger partial charge on any atom is -0.377 e. The van der Waals surface area contributed by atoms with E-state index >= 15 is 0 Å². The molecule has 7 aliphatic rings. The lowest BCUT2D eigenvalue weighted by Crippen LogP contribution is -2.54. The van der Waals surface area contributed by atoms with Crippen molar-refractivity contribution in [3.63, 3.8) is 0 Å². The summed E-state index contributed by atoms with van der Waals surface area (Å²) in [6.45, 7) is 8.66. The van der Waals surface area contributed by atoms with Crippen LogP contribution in [-0.2, 0) is 14.3 Å². The van der Waals surface area contributed by atoms with E-state index in [9.17, 15) is 28.8 Å². The van der Waals surface area contributed by atoms with E-state index in [4.69, 9.17) is 15.5 Å². The van der Waals surface area contributed by atoms with Gasteiger partial charge in [-0.15, -0.1) is 10.2 Å². The number of hydrogen-bond acceptors (Lipinski definition) is 14.